The lowest BCUT2D eigenvalue weighted by atomic mass is 9.67. The van der Waals surface area contributed by atoms with Gasteiger partial charge in [-0.1, -0.05) is 31.9 Å². The van der Waals surface area contributed by atoms with Crippen LogP contribution in [0.15, 0.2) is 0 Å². The van der Waals surface area contributed by atoms with Crippen LogP contribution in [-0.2, 0) is 4.74 Å². The van der Waals surface area contributed by atoms with Crippen molar-refractivity contribution in [2.45, 2.75) is 91.1 Å². The Morgan fingerprint density at radius 2 is 1.65 bits per heavy atom. The first-order chi connectivity index (χ1) is 8.92. The zero-order valence-electron chi connectivity index (χ0n) is 12.7. The van der Waals surface area contributed by atoms with Crippen molar-refractivity contribution in [1.29, 1.82) is 0 Å². The van der Waals surface area contributed by atoms with E-state index in [4.69, 9.17) is 16.3 Å². The van der Waals surface area contributed by atoms with Gasteiger partial charge in [-0.05, 0) is 59.8 Å². The van der Waals surface area contributed by atoms with E-state index >= 15 is 0 Å². The van der Waals surface area contributed by atoms with Crippen LogP contribution in [0.1, 0.15) is 59.8 Å². The Balaban J connectivity index is 2.22. The molecule has 1 N–H and O–H groups in total. The molecule has 1 aliphatic heterocycles. The second-order valence-corrected chi connectivity index (χ2v) is 10.5. The summed E-state index contributed by atoms with van der Waals surface area (Å²) in [5.41, 5.74) is -1.60. The molecule has 5 atom stereocenters. The maximum absolute atomic E-state index is 11.2. The fourth-order valence-corrected chi connectivity index (χ4v) is 4.73. The number of rotatable bonds is 1. The van der Waals surface area contributed by atoms with Crippen molar-refractivity contribution in [3.63, 3.8) is 0 Å². The third-order valence-corrected chi connectivity index (χ3v) is 8.91. The van der Waals surface area contributed by atoms with Crippen molar-refractivity contribution >= 4 is 43.5 Å². The van der Waals surface area contributed by atoms with Gasteiger partial charge in [0, 0.05) is 9.65 Å². The number of alkyl halides is 3. The first-order valence-corrected chi connectivity index (χ1v) is 9.52. The summed E-state index contributed by atoms with van der Waals surface area (Å²) in [6, 6.07) is 0. The Labute approximate surface area is 144 Å². The van der Waals surface area contributed by atoms with Crippen LogP contribution in [0.25, 0.3) is 0 Å². The molecule has 1 saturated heterocycles. The van der Waals surface area contributed by atoms with Crippen LogP contribution in [0.5, 0.6) is 0 Å². The van der Waals surface area contributed by atoms with Crippen molar-refractivity contribution in [2.75, 3.05) is 0 Å². The van der Waals surface area contributed by atoms with Gasteiger partial charge >= 0.3 is 0 Å². The van der Waals surface area contributed by atoms with Crippen molar-refractivity contribution in [1.82, 2.24) is 0 Å². The summed E-state index contributed by atoms with van der Waals surface area (Å²) in [7, 11) is 0. The standard InChI is InChI=1S/C15H25Br2ClO2/c1-12(2)10(16)5-6-14(4,20-12)15(19)8-7-13(3,18)11(17)9-15/h10-11,19H,5-9H2,1-4H3/t10-,11+,13+,14+,15-/m1/s1. The highest BCUT2D eigenvalue weighted by molar-refractivity contribution is 9.09. The molecule has 2 aliphatic rings. The Kier molecular flexibility index (Phi) is 4.70. The van der Waals surface area contributed by atoms with Gasteiger partial charge in [-0.2, -0.15) is 0 Å². The van der Waals surface area contributed by atoms with Crippen molar-refractivity contribution in [2.24, 2.45) is 0 Å². The van der Waals surface area contributed by atoms with Crippen molar-refractivity contribution < 1.29 is 9.84 Å². The van der Waals surface area contributed by atoms with Gasteiger partial charge in [0.1, 0.15) is 0 Å². The normalized spacial score (nSPS) is 52.8. The highest BCUT2D eigenvalue weighted by atomic mass is 79.9. The summed E-state index contributed by atoms with van der Waals surface area (Å²) in [6.45, 7) is 8.28. The maximum Gasteiger partial charge on any atom is 0.0948 e. The molecule has 0 radical (unpaired) electrons. The molecule has 0 aromatic rings. The van der Waals surface area contributed by atoms with Crippen LogP contribution < -0.4 is 0 Å². The predicted molar refractivity (Wildman–Crippen MR) is 91.3 cm³/mol. The minimum Gasteiger partial charge on any atom is -0.387 e. The zero-order chi connectivity index (χ0) is 15.4. The lowest BCUT2D eigenvalue weighted by Crippen LogP contribution is -2.64. The largest absolute Gasteiger partial charge is 0.387 e. The summed E-state index contributed by atoms with van der Waals surface area (Å²) in [5, 5.41) is 11.2. The maximum atomic E-state index is 11.2. The highest BCUT2D eigenvalue weighted by Gasteiger charge is 2.58. The predicted octanol–water partition coefficient (Wildman–Crippen LogP) is 4.77. The molecule has 118 valence electrons. The van der Waals surface area contributed by atoms with Gasteiger partial charge in [0.2, 0.25) is 0 Å². The summed E-state index contributed by atoms with van der Waals surface area (Å²) in [6.07, 6.45) is 3.98. The molecule has 0 spiro atoms. The van der Waals surface area contributed by atoms with E-state index in [9.17, 15) is 5.11 Å². The van der Waals surface area contributed by atoms with E-state index in [0.29, 0.717) is 17.7 Å². The zero-order valence-corrected chi connectivity index (χ0v) is 16.6. The van der Waals surface area contributed by atoms with Crippen molar-refractivity contribution in [3.8, 4) is 0 Å². The SMILES string of the molecule is CC1(C)O[C@](C)([C@@]2(O)CC[C@](C)(Cl)[C@@H](Br)C2)CC[C@H]1Br. The van der Waals surface area contributed by atoms with E-state index in [1.165, 1.54) is 0 Å². The van der Waals surface area contributed by atoms with Gasteiger partial charge in [0.15, 0.2) is 0 Å². The lowest BCUT2D eigenvalue weighted by Gasteiger charge is -2.56. The summed E-state index contributed by atoms with van der Waals surface area (Å²) in [5.74, 6) is 0. The van der Waals surface area contributed by atoms with Crippen molar-refractivity contribution in [3.05, 3.63) is 0 Å². The van der Waals surface area contributed by atoms with Gasteiger partial charge < -0.3 is 9.84 Å². The number of aliphatic hydroxyl groups is 1. The average molecular weight is 433 g/mol. The van der Waals surface area contributed by atoms with E-state index in [2.05, 4.69) is 52.6 Å². The molecule has 2 rings (SSSR count). The molecular formula is C15H25Br2ClO2. The van der Waals surface area contributed by atoms with Gasteiger partial charge in [-0.25, -0.2) is 0 Å². The Hall–Kier alpha value is 1.17. The Morgan fingerprint density at radius 3 is 2.15 bits per heavy atom. The van der Waals surface area contributed by atoms with E-state index in [0.717, 1.165) is 19.3 Å². The first-order valence-electron chi connectivity index (χ1n) is 7.32. The molecule has 0 aromatic heterocycles. The number of hydrogen-bond donors (Lipinski definition) is 1. The molecule has 20 heavy (non-hydrogen) atoms. The summed E-state index contributed by atoms with van der Waals surface area (Å²) >= 11 is 13.9. The van der Waals surface area contributed by atoms with Crippen LogP contribution in [0.4, 0.5) is 0 Å². The number of hydrogen-bond acceptors (Lipinski definition) is 2. The molecular weight excluding hydrogens is 407 g/mol. The lowest BCUT2D eigenvalue weighted by molar-refractivity contribution is -0.252. The summed E-state index contributed by atoms with van der Waals surface area (Å²) < 4.78 is 6.37. The second-order valence-electron chi connectivity index (χ2n) is 7.42. The Bertz CT molecular complexity index is 388. The molecule has 1 aliphatic carbocycles. The molecule has 0 amide bonds. The molecule has 1 saturated carbocycles. The quantitative estimate of drug-likeness (QED) is 0.605. The van der Waals surface area contributed by atoms with E-state index in [1.54, 1.807) is 0 Å². The molecule has 0 aromatic carbocycles. The van der Waals surface area contributed by atoms with E-state index in [-0.39, 0.29) is 15.3 Å². The minimum atomic E-state index is -0.819. The number of halogens is 3. The molecule has 2 fully saturated rings. The Morgan fingerprint density at radius 1 is 1.05 bits per heavy atom. The topological polar surface area (TPSA) is 29.5 Å². The highest BCUT2D eigenvalue weighted by Crippen LogP contribution is 2.52. The van der Waals surface area contributed by atoms with Crippen LogP contribution in [-0.4, -0.2) is 36.4 Å². The van der Waals surface area contributed by atoms with E-state index < -0.39 is 11.2 Å². The third-order valence-electron chi connectivity index (χ3n) is 5.30. The third kappa shape index (κ3) is 2.97. The smallest absolute Gasteiger partial charge is 0.0948 e. The molecule has 2 nitrogen and oxygen atoms in total. The van der Waals surface area contributed by atoms with Gasteiger partial charge in [0.05, 0.1) is 21.7 Å². The second kappa shape index (κ2) is 5.36. The van der Waals surface area contributed by atoms with Crippen LogP contribution in [0.2, 0.25) is 0 Å². The summed E-state index contributed by atoms with van der Waals surface area (Å²) in [4.78, 5) is 0.138. The van der Waals surface area contributed by atoms with Crippen LogP contribution in [0.3, 0.4) is 0 Å². The monoisotopic (exact) mass is 430 g/mol. The first kappa shape index (κ1) is 17.5. The van der Waals surface area contributed by atoms with Gasteiger partial charge in [-0.15, -0.1) is 11.6 Å². The average Bonchev–Trinajstić information content (AvgIpc) is 2.30. The van der Waals surface area contributed by atoms with Gasteiger partial charge in [0.25, 0.3) is 0 Å². The number of ether oxygens (including phenoxy) is 1. The van der Waals surface area contributed by atoms with Gasteiger partial charge in [-0.3, -0.25) is 0 Å². The van der Waals surface area contributed by atoms with Crippen LogP contribution in [0, 0.1) is 0 Å². The van der Waals surface area contributed by atoms with E-state index in [1.807, 2.05) is 6.92 Å². The van der Waals surface area contributed by atoms with Crippen LogP contribution >= 0.6 is 43.5 Å². The molecule has 1 heterocycles. The fourth-order valence-electron chi connectivity index (χ4n) is 3.47. The minimum absolute atomic E-state index is 0.0978. The molecule has 5 heteroatoms. The molecule has 0 bridgehead atoms. The fraction of sp³-hybridized carbons (Fsp3) is 1.00. The molecule has 0 unspecified atom stereocenters.